The van der Waals surface area contributed by atoms with Gasteiger partial charge in [-0.05, 0) is 19.3 Å². The van der Waals surface area contributed by atoms with Gasteiger partial charge in [-0.1, -0.05) is 6.42 Å². The lowest BCUT2D eigenvalue weighted by atomic mass is 9.46. The molecule has 4 fully saturated rings. The highest BCUT2D eigenvalue weighted by atomic mass is 16.5. The van der Waals surface area contributed by atoms with Crippen molar-refractivity contribution in [2.75, 3.05) is 39.8 Å². The summed E-state index contributed by atoms with van der Waals surface area (Å²) >= 11 is 0. The number of nitrogens with one attached hydrogen (secondary N) is 1. The van der Waals surface area contributed by atoms with E-state index < -0.39 is 0 Å². The second-order valence-electron chi connectivity index (χ2n) is 7.49. The average molecular weight is 320 g/mol. The average Bonchev–Trinajstić information content (AvgIpc) is 2.92. The highest BCUT2D eigenvalue weighted by Crippen LogP contribution is 2.62. The van der Waals surface area contributed by atoms with Gasteiger partial charge in [0.1, 0.15) is 0 Å². The van der Waals surface area contributed by atoms with E-state index in [4.69, 9.17) is 4.74 Å². The largest absolute Gasteiger partial charge is 0.377 e. The van der Waals surface area contributed by atoms with Gasteiger partial charge >= 0.3 is 0 Å². The lowest BCUT2D eigenvalue weighted by Gasteiger charge is -2.63. The van der Waals surface area contributed by atoms with Crippen LogP contribution in [0, 0.1) is 11.3 Å². The lowest BCUT2D eigenvalue weighted by Crippen LogP contribution is -2.73. The summed E-state index contributed by atoms with van der Waals surface area (Å²) in [5, 5.41) is 3.77. The summed E-state index contributed by atoms with van der Waals surface area (Å²) in [5.41, 5.74) is 0.373. The molecule has 2 aliphatic heterocycles. The van der Waals surface area contributed by atoms with E-state index in [0.717, 1.165) is 38.7 Å². The SMILES string of the molecule is CN=C(NC1C2CCOC2C12CCC2)N1CCN(C(C)=O)CC1. The minimum absolute atomic E-state index is 0.172. The van der Waals surface area contributed by atoms with Crippen LogP contribution in [0.3, 0.4) is 0 Å². The van der Waals surface area contributed by atoms with Crippen LogP contribution in [-0.2, 0) is 9.53 Å². The van der Waals surface area contributed by atoms with Crippen molar-refractivity contribution in [1.29, 1.82) is 0 Å². The van der Waals surface area contributed by atoms with E-state index in [9.17, 15) is 4.79 Å². The Kier molecular flexibility index (Phi) is 3.75. The molecule has 3 unspecified atom stereocenters. The fourth-order valence-electron chi connectivity index (χ4n) is 5.13. The van der Waals surface area contributed by atoms with Gasteiger partial charge in [0.2, 0.25) is 5.91 Å². The van der Waals surface area contributed by atoms with Crippen molar-refractivity contribution in [1.82, 2.24) is 15.1 Å². The number of ether oxygens (including phenoxy) is 1. The molecule has 1 N–H and O–H groups in total. The Morgan fingerprint density at radius 2 is 1.91 bits per heavy atom. The lowest BCUT2D eigenvalue weighted by molar-refractivity contribution is -0.171. The number of guanidine groups is 1. The third-order valence-electron chi connectivity index (χ3n) is 6.56. The van der Waals surface area contributed by atoms with Gasteiger partial charge < -0.3 is 19.9 Å². The Morgan fingerprint density at radius 3 is 2.48 bits per heavy atom. The first-order valence-electron chi connectivity index (χ1n) is 9.01. The van der Waals surface area contributed by atoms with Crippen LogP contribution in [-0.4, -0.2) is 73.6 Å². The Balaban J connectivity index is 1.40. The van der Waals surface area contributed by atoms with Crippen molar-refractivity contribution < 1.29 is 9.53 Å². The quantitative estimate of drug-likeness (QED) is 0.570. The fraction of sp³-hybridized carbons (Fsp3) is 0.882. The summed E-state index contributed by atoms with van der Waals surface area (Å²) in [6.45, 7) is 5.89. The number of piperazine rings is 1. The number of nitrogens with zero attached hydrogens (tertiary/aromatic N) is 3. The second-order valence-corrected chi connectivity index (χ2v) is 7.49. The van der Waals surface area contributed by atoms with E-state index in [-0.39, 0.29) is 5.91 Å². The zero-order chi connectivity index (χ0) is 16.0. The van der Waals surface area contributed by atoms with Gasteiger partial charge in [0.05, 0.1) is 6.10 Å². The van der Waals surface area contributed by atoms with Crippen molar-refractivity contribution in [3.63, 3.8) is 0 Å². The summed E-state index contributed by atoms with van der Waals surface area (Å²) in [6, 6.07) is 0.522. The number of rotatable bonds is 1. The summed E-state index contributed by atoms with van der Waals surface area (Å²) in [5.74, 6) is 1.84. The second kappa shape index (κ2) is 5.65. The third kappa shape index (κ3) is 2.25. The van der Waals surface area contributed by atoms with Gasteiger partial charge in [0.25, 0.3) is 0 Å². The molecular weight excluding hydrogens is 292 g/mol. The molecule has 0 radical (unpaired) electrons. The number of fused-ring (bicyclic) bond motifs is 2. The zero-order valence-corrected chi connectivity index (χ0v) is 14.3. The minimum atomic E-state index is 0.172. The molecule has 23 heavy (non-hydrogen) atoms. The van der Waals surface area contributed by atoms with Gasteiger partial charge in [0, 0.05) is 64.1 Å². The Hall–Kier alpha value is -1.30. The smallest absolute Gasteiger partial charge is 0.219 e. The van der Waals surface area contributed by atoms with Gasteiger partial charge in [-0.15, -0.1) is 0 Å². The highest BCUT2D eigenvalue weighted by Gasteiger charge is 2.66. The van der Waals surface area contributed by atoms with Crippen molar-refractivity contribution >= 4 is 11.9 Å². The first-order chi connectivity index (χ1) is 11.2. The molecule has 6 nitrogen and oxygen atoms in total. The normalized spacial score (nSPS) is 35.6. The van der Waals surface area contributed by atoms with Gasteiger partial charge in [-0.2, -0.15) is 0 Å². The van der Waals surface area contributed by atoms with Crippen LogP contribution < -0.4 is 5.32 Å². The molecule has 3 atom stereocenters. The Morgan fingerprint density at radius 1 is 1.22 bits per heavy atom. The van der Waals surface area contributed by atoms with E-state index in [0.29, 0.717) is 23.5 Å². The minimum Gasteiger partial charge on any atom is -0.377 e. The predicted octanol–water partition coefficient (Wildman–Crippen LogP) is 0.683. The number of carbonyl (C=O) groups excluding carboxylic acids is 1. The number of aliphatic imine (C=N–C) groups is 1. The maximum absolute atomic E-state index is 11.5. The van der Waals surface area contributed by atoms with Crippen LogP contribution >= 0.6 is 0 Å². The van der Waals surface area contributed by atoms with Crippen LogP contribution in [0.2, 0.25) is 0 Å². The molecule has 4 aliphatic rings. The molecule has 2 saturated heterocycles. The van der Waals surface area contributed by atoms with Gasteiger partial charge in [-0.3, -0.25) is 9.79 Å². The molecule has 4 rings (SSSR count). The molecule has 1 amide bonds. The van der Waals surface area contributed by atoms with Crippen LogP contribution in [0.25, 0.3) is 0 Å². The highest BCUT2D eigenvalue weighted by molar-refractivity contribution is 5.81. The predicted molar refractivity (Wildman–Crippen MR) is 88.2 cm³/mol. The Labute approximate surface area is 138 Å². The molecule has 2 aliphatic carbocycles. The van der Waals surface area contributed by atoms with Gasteiger partial charge in [-0.25, -0.2) is 0 Å². The van der Waals surface area contributed by atoms with Crippen molar-refractivity contribution in [2.24, 2.45) is 16.3 Å². The van der Waals surface area contributed by atoms with E-state index in [1.165, 1.54) is 25.7 Å². The molecule has 1 spiro atoms. The summed E-state index contributed by atoms with van der Waals surface area (Å²) < 4.78 is 6.00. The molecule has 0 aromatic carbocycles. The zero-order valence-electron chi connectivity index (χ0n) is 14.3. The summed E-state index contributed by atoms with van der Waals surface area (Å²) in [6.07, 6.45) is 5.59. The molecule has 128 valence electrons. The van der Waals surface area contributed by atoms with Gasteiger partial charge in [0.15, 0.2) is 5.96 Å². The number of carbonyl (C=O) groups is 1. The maximum Gasteiger partial charge on any atom is 0.219 e. The standard InChI is InChI=1S/C17H28N4O2/c1-12(22)20-7-9-21(10-8-20)16(18-2)19-14-13-4-11-23-15(13)17(14)5-3-6-17/h13-15H,3-11H2,1-2H3,(H,18,19). The van der Waals surface area contributed by atoms with E-state index in [2.05, 4.69) is 15.2 Å². The van der Waals surface area contributed by atoms with Crippen LogP contribution in [0.5, 0.6) is 0 Å². The maximum atomic E-state index is 11.5. The number of hydrogen-bond donors (Lipinski definition) is 1. The van der Waals surface area contributed by atoms with Crippen molar-refractivity contribution in [2.45, 2.75) is 44.8 Å². The number of amides is 1. The summed E-state index contributed by atoms with van der Waals surface area (Å²) in [4.78, 5) is 20.2. The molecule has 0 aromatic rings. The molecule has 0 bridgehead atoms. The molecule has 2 saturated carbocycles. The van der Waals surface area contributed by atoms with Crippen LogP contribution in [0.4, 0.5) is 0 Å². The van der Waals surface area contributed by atoms with E-state index >= 15 is 0 Å². The van der Waals surface area contributed by atoms with E-state index in [1.54, 1.807) is 6.92 Å². The van der Waals surface area contributed by atoms with Crippen molar-refractivity contribution in [3.05, 3.63) is 0 Å². The number of hydrogen-bond acceptors (Lipinski definition) is 3. The summed E-state index contributed by atoms with van der Waals surface area (Å²) in [7, 11) is 1.87. The third-order valence-corrected chi connectivity index (χ3v) is 6.56. The topological polar surface area (TPSA) is 57.2 Å². The molecule has 2 heterocycles. The van der Waals surface area contributed by atoms with Crippen LogP contribution in [0.15, 0.2) is 4.99 Å². The Bertz CT molecular complexity index is 509. The monoisotopic (exact) mass is 320 g/mol. The first kappa shape index (κ1) is 15.2. The molecule has 0 aromatic heterocycles. The molecular formula is C17H28N4O2. The van der Waals surface area contributed by atoms with Crippen molar-refractivity contribution in [3.8, 4) is 0 Å². The first-order valence-corrected chi connectivity index (χ1v) is 9.01. The fourth-order valence-corrected chi connectivity index (χ4v) is 5.13. The molecule has 6 heteroatoms. The van der Waals surface area contributed by atoms with E-state index in [1.807, 2.05) is 11.9 Å². The van der Waals surface area contributed by atoms with Crippen LogP contribution in [0.1, 0.15) is 32.6 Å².